The van der Waals surface area contributed by atoms with E-state index in [1.807, 2.05) is 40.8 Å². The fourth-order valence-corrected chi connectivity index (χ4v) is 2.45. The number of aryl methyl sites for hydroxylation is 1. The lowest BCUT2D eigenvalue weighted by molar-refractivity contribution is 0.00578. The van der Waals surface area contributed by atoms with Gasteiger partial charge in [0.15, 0.2) is 5.82 Å². The van der Waals surface area contributed by atoms with E-state index in [1.54, 1.807) is 16.9 Å². The number of aromatic nitrogens is 4. The number of hydrogen-bond acceptors (Lipinski definition) is 6. The highest BCUT2D eigenvalue weighted by Crippen LogP contribution is 2.36. The van der Waals surface area contributed by atoms with Crippen LogP contribution in [-0.4, -0.2) is 38.1 Å². The van der Waals surface area contributed by atoms with Gasteiger partial charge in [-0.05, 0) is 40.7 Å². The number of nitrogens with two attached hydrogens (primary N) is 1. The van der Waals surface area contributed by atoms with E-state index in [4.69, 9.17) is 15.0 Å². The summed E-state index contributed by atoms with van der Waals surface area (Å²) < 4.78 is 14.0. The van der Waals surface area contributed by atoms with Gasteiger partial charge in [-0.15, -0.1) is 0 Å². The molecule has 0 unspecified atom stereocenters. The van der Waals surface area contributed by atoms with Crippen molar-refractivity contribution in [1.82, 2.24) is 19.7 Å². The van der Waals surface area contributed by atoms with Crippen LogP contribution in [0.5, 0.6) is 0 Å². The lowest BCUT2D eigenvalue weighted by Gasteiger charge is -2.32. The maximum Gasteiger partial charge on any atom is 0.498 e. The van der Waals surface area contributed by atoms with Crippen molar-refractivity contribution in [1.29, 1.82) is 0 Å². The third kappa shape index (κ3) is 2.96. The molecule has 1 fully saturated rings. The summed E-state index contributed by atoms with van der Waals surface area (Å²) in [5, 5.41) is 4.51. The van der Waals surface area contributed by atoms with E-state index in [0.717, 1.165) is 11.2 Å². The van der Waals surface area contributed by atoms with Crippen LogP contribution in [0.3, 0.4) is 0 Å². The van der Waals surface area contributed by atoms with E-state index in [-0.39, 0.29) is 11.2 Å². The van der Waals surface area contributed by atoms with Crippen LogP contribution in [-0.2, 0) is 15.9 Å². The first-order valence-electron chi connectivity index (χ1n) is 7.65. The Balaban J connectivity index is 1.82. The van der Waals surface area contributed by atoms with E-state index >= 15 is 0 Å². The predicted octanol–water partition coefficient (Wildman–Crippen LogP) is 0.911. The minimum Gasteiger partial charge on any atom is -0.399 e. The van der Waals surface area contributed by atoms with Gasteiger partial charge < -0.3 is 15.0 Å². The first-order chi connectivity index (χ1) is 10.7. The van der Waals surface area contributed by atoms with Crippen molar-refractivity contribution < 1.29 is 9.31 Å². The fraction of sp³-hybridized carbons (Fsp3) is 0.533. The van der Waals surface area contributed by atoms with Gasteiger partial charge in [0.1, 0.15) is 12.4 Å². The molecule has 7 nitrogen and oxygen atoms in total. The Morgan fingerprint density at radius 2 is 1.87 bits per heavy atom. The van der Waals surface area contributed by atoms with Crippen LogP contribution in [0.1, 0.15) is 39.2 Å². The number of nitrogen functional groups attached to an aromatic ring is 1. The van der Waals surface area contributed by atoms with Gasteiger partial charge in [-0.2, -0.15) is 5.10 Å². The summed E-state index contributed by atoms with van der Waals surface area (Å²) in [4.78, 5) is 8.40. The summed E-state index contributed by atoms with van der Waals surface area (Å²) in [5.41, 5.74) is 6.73. The lowest BCUT2D eigenvalue weighted by Crippen LogP contribution is -2.41. The van der Waals surface area contributed by atoms with Gasteiger partial charge in [0, 0.05) is 17.9 Å². The molecule has 0 amide bonds. The standard InChI is InChI=1S/C15H22BN5O2/c1-10-11(16-22-14(2,3)15(4,5)23-16)8-21(20-10)9-13-18-7-6-12(17)19-13/h6-8H,9H2,1-5H3,(H2,17,18,19). The molecule has 2 aromatic heterocycles. The van der Waals surface area contributed by atoms with Crippen molar-refractivity contribution in [2.45, 2.75) is 52.4 Å². The Labute approximate surface area is 136 Å². The Hall–Kier alpha value is -1.93. The predicted molar refractivity (Wildman–Crippen MR) is 88.2 cm³/mol. The van der Waals surface area contributed by atoms with E-state index in [0.29, 0.717) is 18.2 Å². The highest BCUT2D eigenvalue weighted by Gasteiger charge is 2.52. The van der Waals surface area contributed by atoms with Gasteiger partial charge in [0.2, 0.25) is 0 Å². The molecule has 1 aliphatic rings. The summed E-state index contributed by atoms with van der Waals surface area (Å²) in [6.45, 7) is 10.5. The largest absolute Gasteiger partial charge is 0.498 e. The minimum absolute atomic E-state index is 0.372. The van der Waals surface area contributed by atoms with Crippen LogP contribution < -0.4 is 11.2 Å². The van der Waals surface area contributed by atoms with Crippen LogP contribution in [0.25, 0.3) is 0 Å². The molecule has 8 heteroatoms. The molecular weight excluding hydrogens is 293 g/mol. The highest BCUT2D eigenvalue weighted by atomic mass is 16.7. The molecule has 0 saturated carbocycles. The van der Waals surface area contributed by atoms with Crippen LogP contribution in [0.2, 0.25) is 0 Å². The van der Waals surface area contributed by atoms with E-state index in [9.17, 15) is 0 Å². The second-order valence-electron chi connectivity index (χ2n) is 6.85. The van der Waals surface area contributed by atoms with Crippen molar-refractivity contribution in [3.05, 3.63) is 30.0 Å². The number of rotatable bonds is 3. The normalized spacial score (nSPS) is 19.3. The lowest BCUT2D eigenvalue weighted by atomic mass is 9.79. The molecular formula is C15H22BN5O2. The molecule has 3 heterocycles. The smallest absolute Gasteiger partial charge is 0.399 e. The third-order valence-electron chi connectivity index (χ3n) is 4.52. The van der Waals surface area contributed by atoms with Crippen LogP contribution in [0.4, 0.5) is 5.82 Å². The zero-order valence-electron chi connectivity index (χ0n) is 14.2. The molecule has 0 spiro atoms. The molecule has 0 bridgehead atoms. The summed E-state index contributed by atoms with van der Waals surface area (Å²) in [7, 11) is -0.421. The van der Waals surface area contributed by atoms with Gasteiger partial charge in [0.05, 0.1) is 16.9 Å². The Bertz CT molecular complexity index is 712. The topological polar surface area (TPSA) is 88.1 Å². The Morgan fingerprint density at radius 1 is 1.22 bits per heavy atom. The van der Waals surface area contributed by atoms with Gasteiger partial charge >= 0.3 is 7.12 Å². The molecule has 0 radical (unpaired) electrons. The molecule has 0 atom stereocenters. The highest BCUT2D eigenvalue weighted by molar-refractivity contribution is 6.62. The van der Waals surface area contributed by atoms with Crippen molar-refractivity contribution in [3.8, 4) is 0 Å². The Morgan fingerprint density at radius 3 is 2.48 bits per heavy atom. The molecule has 122 valence electrons. The molecule has 3 rings (SSSR count). The zero-order valence-corrected chi connectivity index (χ0v) is 14.2. The van der Waals surface area contributed by atoms with Crippen molar-refractivity contribution in [2.75, 3.05) is 5.73 Å². The summed E-state index contributed by atoms with van der Waals surface area (Å²) in [6.07, 6.45) is 3.56. The van der Waals surface area contributed by atoms with E-state index in [1.165, 1.54) is 0 Å². The fourth-order valence-electron chi connectivity index (χ4n) is 2.45. The van der Waals surface area contributed by atoms with Crippen molar-refractivity contribution in [2.24, 2.45) is 0 Å². The first kappa shape index (κ1) is 16.0. The zero-order chi connectivity index (χ0) is 16.8. The molecule has 0 aromatic carbocycles. The summed E-state index contributed by atoms with van der Waals surface area (Å²) in [5.74, 6) is 1.07. The van der Waals surface area contributed by atoms with Crippen LogP contribution in [0, 0.1) is 6.92 Å². The number of anilines is 1. The quantitative estimate of drug-likeness (QED) is 0.847. The van der Waals surface area contributed by atoms with Gasteiger partial charge in [-0.1, -0.05) is 0 Å². The molecule has 2 aromatic rings. The molecule has 1 saturated heterocycles. The van der Waals surface area contributed by atoms with Crippen LogP contribution >= 0.6 is 0 Å². The maximum absolute atomic E-state index is 6.09. The van der Waals surface area contributed by atoms with E-state index < -0.39 is 7.12 Å². The number of hydrogen-bond donors (Lipinski definition) is 1. The SMILES string of the molecule is Cc1nn(Cc2nccc(N)n2)cc1B1OC(C)(C)C(C)(C)O1. The number of nitrogens with zero attached hydrogens (tertiary/aromatic N) is 4. The van der Waals surface area contributed by atoms with Gasteiger partial charge in [0.25, 0.3) is 0 Å². The molecule has 0 aliphatic carbocycles. The van der Waals surface area contributed by atoms with Gasteiger partial charge in [-0.25, -0.2) is 9.97 Å². The molecule has 2 N–H and O–H groups in total. The second-order valence-corrected chi connectivity index (χ2v) is 6.85. The summed E-state index contributed by atoms with van der Waals surface area (Å²) >= 11 is 0. The summed E-state index contributed by atoms with van der Waals surface area (Å²) in [6, 6.07) is 1.66. The molecule has 1 aliphatic heterocycles. The van der Waals surface area contributed by atoms with Gasteiger partial charge in [-0.3, -0.25) is 4.68 Å². The van der Waals surface area contributed by atoms with Crippen LogP contribution in [0.15, 0.2) is 18.5 Å². The monoisotopic (exact) mass is 315 g/mol. The molecule has 23 heavy (non-hydrogen) atoms. The average molecular weight is 315 g/mol. The third-order valence-corrected chi connectivity index (χ3v) is 4.52. The maximum atomic E-state index is 6.09. The van der Waals surface area contributed by atoms with E-state index in [2.05, 4.69) is 15.1 Å². The first-order valence-corrected chi connectivity index (χ1v) is 7.65. The second kappa shape index (κ2) is 5.31. The minimum atomic E-state index is -0.421. The Kier molecular flexibility index (Phi) is 3.69. The average Bonchev–Trinajstić information content (AvgIpc) is 2.87. The van der Waals surface area contributed by atoms with Crippen molar-refractivity contribution >= 4 is 18.4 Å². The van der Waals surface area contributed by atoms with Crippen molar-refractivity contribution in [3.63, 3.8) is 0 Å².